The van der Waals surface area contributed by atoms with E-state index in [9.17, 15) is 12.8 Å². The first-order valence-corrected chi connectivity index (χ1v) is 7.63. The average molecular weight is 274 g/mol. The van der Waals surface area contributed by atoms with Crippen LogP contribution in [-0.2, 0) is 14.6 Å². The molecule has 4 nitrogen and oxygen atoms in total. The van der Waals surface area contributed by atoms with E-state index in [1.165, 1.54) is 29.2 Å². The van der Waals surface area contributed by atoms with Gasteiger partial charge < -0.3 is 9.64 Å². The minimum Gasteiger partial charge on any atom is -0.370 e. The lowest BCUT2D eigenvalue weighted by Gasteiger charge is -2.23. The molecule has 0 aliphatic carbocycles. The van der Waals surface area contributed by atoms with Gasteiger partial charge in [-0.05, 0) is 24.3 Å². The van der Waals surface area contributed by atoms with E-state index in [1.807, 2.05) is 0 Å². The number of hydrogen-bond acceptors (Lipinski definition) is 3. The van der Waals surface area contributed by atoms with Gasteiger partial charge in [-0.2, -0.15) is 0 Å². The Kier molecular flexibility index (Phi) is 4.31. The maximum atomic E-state index is 12.7. The fourth-order valence-electron chi connectivity index (χ4n) is 1.95. The van der Waals surface area contributed by atoms with E-state index in [0.717, 1.165) is 13.1 Å². The van der Waals surface area contributed by atoms with Crippen molar-refractivity contribution in [2.75, 3.05) is 38.6 Å². The summed E-state index contributed by atoms with van der Waals surface area (Å²) >= 11 is 0. The quantitative estimate of drug-likeness (QED) is 0.754. The minimum atomic E-state index is -3.30. The highest BCUT2D eigenvalue weighted by molar-refractivity contribution is 7.91. The zero-order valence-corrected chi connectivity index (χ0v) is 10.9. The second-order valence-corrected chi connectivity index (χ2v) is 6.49. The molecule has 0 aromatic heterocycles. The molecule has 1 fully saturated rings. The van der Waals surface area contributed by atoms with Crippen LogP contribution in [0.25, 0.3) is 0 Å². The van der Waals surface area contributed by atoms with Crippen molar-refractivity contribution in [3.05, 3.63) is 30.1 Å². The number of benzene rings is 1. The summed E-state index contributed by atoms with van der Waals surface area (Å²) in [5, 5.41) is 0. The number of nitrogens with one attached hydrogen (secondary N) is 1. The van der Waals surface area contributed by atoms with Crippen LogP contribution in [0.4, 0.5) is 4.39 Å². The standard InChI is InChI=1S/C12H16FNO3S/c13-11-1-3-12(4-2-11)18(15,16)10-7-14-5-8-17-9-6-14/h1-4H,5-10H2/p+1. The topological polar surface area (TPSA) is 47.8 Å². The van der Waals surface area contributed by atoms with Gasteiger partial charge in [0.25, 0.3) is 0 Å². The molecule has 0 saturated carbocycles. The third-order valence-corrected chi connectivity index (χ3v) is 4.83. The normalized spacial score (nSPS) is 17.8. The molecule has 0 atom stereocenters. The third-order valence-electron chi connectivity index (χ3n) is 3.10. The Balaban J connectivity index is 1.96. The number of quaternary nitrogens is 1. The summed E-state index contributed by atoms with van der Waals surface area (Å²) in [6, 6.07) is 4.99. The van der Waals surface area contributed by atoms with Crippen LogP contribution >= 0.6 is 0 Å². The van der Waals surface area contributed by atoms with Gasteiger partial charge >= 0.3 is 0 Å². The van der Waals surface area contributed by atoms with Crippen molar-refractivity contribution in [3.8, 4) is 0 Å². The van der Waals surface area contributed by atoms with Gasteiger partial charge in [-0.3, -0.25) is 0 Å². The van der Waals surface area contributed by atoms with Gasteiger partial charge in [0.1, 0.15) is 24.7 Å². The highest BCUT2D eigenvalue weighted by Gasteiger charge is 2.20. The number of halogens is 1. The van der Waals surface area contributed by atoms with Crippen molar-refractivity contribution < 1.29 is 22.4 Å². The highest BCUT2D eigenvalue weighted by atomic mass is 32.2. The van der Waals surface area contributed by atoms with Crippen LogP contribution < -0.4 is 4.90 Å². The Bertz CT molecular complexity index is 481. The predicted octanol–water partition coefficient (Wildman–Crippen LogP) is -0.485. The van der Waals surface area contributed by atoms with Crippen molar-refractivity contribution in [1.82, 2.24) is 0 Å². The molecule has 1 saturated heterocycles. The van der Waals surface area contributed by atoms with Gasteiger partial charge in [-0.25, -0.2) is 12.8 Å². The summed E-state index contributed by atoms with van der Waals surface area (Å²) in [5.74, 6) is -0.332. The summed E-state index contributed by atoms with van der Waals surface area (Å²) in [7, 11) is -3.30. The fraction of sp³-hybridized carbons (Fsp3) is 0.500. The zero-order valence-electron chi connectivity index (χ0n) is 10.1. The molecule has 1 aromatic rings. The maximum Gasteiger partial charge on any atom is 0.183 e. The Morgan fingerprint density at radius 2 is 1.78 bits per heavy atom. The molecule has 0 spiro atoms. The van der Waals surface area contributed by atoms with Crippen LogP contribution in [0.5, 0.6) is 0 Å². The first-order valence-electron chi connectivity index (χ1n) is 5.97. The van der Waals surface area contributed by atoms with Crippen LogP contribution in [0.3, 0.4) is 0 Å². The maximum absolute atomic E-state index is 12.7. The average Bonchev–Trinajstić information content (AvgIpc) is 2.38. The van der Waals surface area contributed by atoms with Gasteiger partial charge in [-0.15, -0.1) is 0 Å². The van der Waals surface area contributed by atoms with E-state index in [1.54, 1.807) is 0 Å². The Morgan fingerprint density at radius 3 is 2.39 bits per heavy atom. The number of sulfone groups is 1. The Hall–Kier alpha value is -0.980. The number of rotatable bonds is 4. The van der Waals surface area contributed by atoms with E-state index in [-0.39, 0.29) is 10.6 Å². The molecular formula is C12H17FNO3S+. The second kappa shape index (κ2) is 5.77. The molecule has 1 aromatic carbocycles. The summed E-state index contributed by atoms with van der Waals surface area (Å²) in [5.41, 5.74) is 0. The van der Waals surface area contributed by atoms with Crippen LogP contribution in [0, 0.1) is 5.82 Å². The third kappa shape index (κ3) is 3.51. The molecule has 18 heavy (non-hydrogen) atoms. The number of hydrogen-bond donors (Lipinski definition) is 1. The van der Waals surface area contributed by atoms with Crippen LogP contribution in [0.2, 0.25) is 0 Å². The van der Waals surface area contributed by atoms with Gasteiger partial charge in [0, 0.05) is 0 Å². The monoisotopic (exact) mass is 274 g/mol. The molecular weight excluding hydrogens is 257 g/mol. The molecule has 1 aliphatic heterocycles. The summed E-state index contributed by atoms with van der Waals surface area (Å²) in [4.78, 5) is 1.43. The Morgan fingerprint density at radius 1 is 1.17 bits per heavy atom. The second-order valence-electron chi connectivity index (χ2n) is 4.39. The molecule has 0 bridgehead atoms. The van der Waals surface area contributed by atoms with E-state index in [4.69, 9.17) is 4.74 Å². The van der Waals surface area contributed by atoms with E-state index in [2.05, 4.69) is 0 Å². The lowest BCUT2D eigenvalue weighted by atomic mass is 10.4. The molecule has 0 unspecified atom stereocenters. The minimum absolute atomic E-state index is 0.0912. The van der Waals surface area contributed by atoms with Crippen LogP contribution in [0.15, 0.2) is 29.2 Å². The molecule has 0 radical (unpaired) electrons. The lowest BCUT2D eigenvalue weighted by molar-refractivity contribution is -0.905. The summed E-state index contributed by atoms with van der Waals surface area (Å²) in [6.45, 7) is 3.64. The van der Waals surface area contributed by atoms with Crippen molar-refractivity contribution in [3.63, 3.8) is 0 Å². The first-order chi connectivity index (χ1) is 8.58. The predicted molar refractivity (Wildman–Crippen MR) is 64.8 cm³/mol. The molecule has 0 amide bonds. The van der Waals surface area contributed by atoms with E-state index in [0.29, 0.717) is 19.8 Å². The smallest absolute Gasteiger partial charge is 0.183 e. The summed E-state index contributed by atoms with van der Waals surface area (Å²) < 4.78 is 42.0. The van der Waals surface area contributed by atoms with Crippen LogP contribution in [0.1, 0.15) is 0 Å². The largest absolute Gasteiger partial charge is 0.370 e. The van der Waals surface area contributed by atoms with Gasteiger partial charge in [0.15, 0.2) is 9.84 Å². The first kappa shape index (κ1) is 13.5. The van der Waals surface area contributed by atoms with Crippen molar-refractivity contribution in [2.45, 2.75) is 4.90 Å². The van der Waals surface area contributed by atoms with Crippen molar-refractivity contribution in [1.29, 1.82) is 0 Å². The SMILES string of the molecule is O=S(=O)(CC[NH+]1CCOCC1)c1ccc(F)cc1. The van der Waals surface area contributed by atoms with Gasteiger partial charge in [0.2, 0.25) is 0 Å². The molecule has 2 rings (SSSR count). The number of morpholine rings is 1. The van der Waals surface area contributed by atoms with E-state index < -0.39 is 15.7 Å². The van der Waals surface area contributed by atoms with Crippen molar-refractivity contribution in [2.24, 2.45) is 0 Å². The molecule has 1 N–H and O–H groups in total. The van der Waals surface area contributed by atoms with Crippen molar-refractivity contribution >= 4 is 9.84 Å². The number of ether oxygens (including phenoxy) is 1. The molecule has 1 heterocycles. The molecule has 100 valence electrons. The van der Waals surface area contributed by atoms with E-state index >= 15 is 0 Å². The van der Waals surface area contributed by atoms with Gasteiger partial charge in [0.05, 0.1) is 24.7 Å². The van der Waals surface area contributed by atoms with Gasteiger partial charge in [-0.1, -0.05) is 0 Å². The summed E-state index contributed by atoms with van der Waals surface area (Å²) in [6.07, 6.45) is 0. The molecule has 6 heteroatoms. The lowest BCUT2D eigenvalue weighted by Crippen LogP contribution is -3.14. The van der Waals surface area contributed by atoms with Crippen LogP contribution in [-0.4, -0.2) is 47.0 Å². The Labute approximate surface area is 106 Å². The highest BCUT2D eigenvalue weighted by Crippen LogP contribution is 2.11. The zero-order chi connectivity index (χ0) is 13.0. The molecule has 1 aliphatic rings. The fourth-order valence-corrected chi connectivity index (χ4v) is 3.29.